The third-order valence-corrected chi connectivity index (χ3v) is 1.97. The number of aliphatic hydroxyl groups is 1. The predicted octanol–water partition coefficient (Wildman–Crippen LogP) is 3.45. The molecule has 0 radical (unpaired) electrons. The van der Waals surface area contributed by atoms with Gasteiger partial charge in [0.05, 0.1) is 0 Å². The second kappa shape index (κ2) is 11.4. The molecular formula is C12H22O. The molecule has 0 atom stereocenters. The number of hydrogen-bond acceptors (Lipinski definition) is 1. The van der Waals surface area contributed by atoms with Gasteiger partial charge in [0.15, 0.2) is 0 Å². The average Bonchev–Trinajstić information content (AvgIpc) is 2.16. The van der Waals surface area contributed by atoms with Gasteiger partial charge in [0.25, 0.3) is 0 Å². The molecule has 1 nitrogen and oxygen atoms in total. The van der Waals surface area contributed by atoms with Crippen molar-refractivity contribution in [2.24, 2.45) is 0 Å². The molecule has 76 valence electrons. The lowest BCUT2D eigenvalue weighted by Crippen LogP contribution is -1.82. The summed E-state index contributed by atoms with van der Waals surface area (Å²) in [4.78, 5) is 0. The highest BCUT2D eigenvalue weighted by Gasteiger charge is 1.87. The molecule has 0 aliphatic carbocycles. The van der Waals surface area contributed by atoms with Crippen LogP contribution in [-0.2, 0) is 0 Å². The summed E-state index contributed by atoms with van der Waals surface area (Å²) in [6, 6.07) is 0. The van der Waals surface area contributed by atoms with Crippen LogP contribution in [0.2, 0.25) is 0 Å². The fourth-order valence-electron chi connectivity index (χ4n) is 1.19. The molecule has 0 unspecified atom stereocenters. The highest BCUT2D eigenvalue weighted by Crippen LogP contribution is 2.05. The lowest BCUT2D eigenvalue weighted by atomic mass is 10.1. The second-order valence-corrected chi connectivity index (χ2v) is 3.23. The summed E-state index contributed by atoms with van der Waals surface area (Å²) >= 11 is 0. The van der Waals surface area contributed by atoms with Gasteiger partial charge >= 0.3 is 0 Å². The molecule has 0 aromatic heterocycles. The van der Waals surface area contributed by atoms with Crippen molar-refractivity contribution in [3.8, 4) is 0 Å². The maximum absolute atomic E-state index is 8.55. The van der Waals surface area contributed by atoms with Gasteiger partial charge in [-0.3, -0.25) is 0 Å². The predicted molar refractivity (Wildman–Crippen MR) is 58.7 cm³/mol. The van der Waals surface area contributed by atoms with Crippen molar-refractivity contribution in [2.75, 3.05) is 6.61 Å². The van der Waals surface area contributed by atoms with Gasteiger partial charge in [-0.05, 0) is 26.2 Å². The molecule has 0 spiro atoms. The molecule has 0 saturated carbocycles. The van der Waals surface area contributed by atoms with E-state index in [9.17, 15) is 0 Å². The summed E-state index contributed by atoms with van der Waals surface area (Å²) < 4.78 is 0. The minimum Gasteiger partial charge on any atom is -0.396 e. The maximum atomic E-state index is 8.55. The highest BCUT2D eigenvalue weighted by molar-refractivity contribution is 5.00. The first kappa shape index (κ1) is 12.4. The molecular weight excluding hydrogens is 160 g/mol. The summed E-state index contributed by atoms with van der Waals surface area (Å²) in [5.74, 6) is 0. The molecule has 0 rings (SSSR count). The monoisotopic (exact) mass is 182 g/mol. The van der Waals surface area contributed by atoms with Gasteiger partial charge in [-0.15, -0.1) is 0 Å². The van der Waals surface area contributed by atoms with Crippen LogP contribution in [0.25, 0.3) is 0 Å². The summed E-state index contributed by atoms with van der Waals surface area (Å²) in [6.45, 7) is 2.38. The van der Waals surface area contributed by atoms with Crippen LogP contribution in [0, 0.1) is 0 Å². The number of aliphatic hydroxyl groups excluding tert-OH is 1. The van der Waals surface area contributed by atoms with Crippen LogP contribution in [-0.4, -0.2) is 11.7 Å². The Balaban J connectivity index is 2.99. The lowest BCUT2D eigenvalue weighted by molar-refractivity contribution is 0.282. The van der Waals surface area contributed by atoms with Gasteiger partial charge < -0.3 is 5.11 Å². The van der Waals surface area contributed by atoms with Crippen LogP contribution in [0.1, 0.15) is 45.4 Å². The minimum atomic E-state index is 0.348. The van der Waals surface area contributed by atoms with Gasteiger partial charge in [0.1, 0.15) is 0 Å². The standard InChI is InChI=1S/C12H22O/c1-2-3-4-5-6-7-8-9-10-11-12-13/h2-5,13H,6-12H2,1H3. The van der Waals surface area contributed by atoms with E-state index in [-0.39, 0.29) is 0 Å². The van der Waals surface area contributed by atoms with Crippen molar-refractivity contribution in [3.63, 3.8) is 0 Å². The Hall–Kier alpha value is -0.560. The van der Waals surface area contributed by atoms with Crippen molar-refractivity contribution < 1.29 is 5.11 Å². The van der Waals surface area contributed by atoms with Gasteiger partial charge in [0.2, 0.25) is 0 Å². The summed E-state index contributed by atoms with van der Waals surface area (Å²) in [5, 5.41) is 8.55. The summed E-state index contributed by atoms with van der Waals surface area (Å²) in [5.41, 5.74) is 0. The van der Waals surface area contributed by atoms with Crippen molar-refractivity contribution >= 4 is 0 Å². The van der Waals surface area contributed by atoms with E-state index in [1.54, 1.807) is 0 Å². The zero-order chi connectivity index (χ0) is 9.78. The van der Waals surface area contributed by atoms with Crippen molar-refractivity contribution in [3.05, 3.63) is 24.3 Å². The van der Waals surface area contributed by atoms with E-state index in [1.807, 2.05) is 13.0 Å². The second-order valence-electron chi connectivity index (χ2n) is 3.23. The van der Waals surface area contributed by atoms with E-state index < -0.39 is 0 Å². The smallest absolute Gasteiger partial charge is 0.0431 e. The first-order chi connectivity index (χ1) is 6.41. The van der Waals surface area contributed by atoms with E-state index in [0.29, 0.717) is 6.61 Å². The normalized spacial score (nSPS) is 11.8. The quantitative estimate of drug-likeness (QED) is 0.450. The largest absolute Gasteiger partial charge is 0.396 e. The van der Waals surface area contributed by atoms with E-state index in [2.05, 4.69) is 18.2 Å². The summed E-state index contributed by atoms with van der Waals surface area (Å²) in [7, 11) is 0. The van der Waals surface area contributed by atoms with Crippen LogP contribution < -0.4 is 0 Å². The molecule has 0 heterocycles. The average molecular weight is 182 g/mol. The minimum absolute atomic E-state index is 0.348. The number of unbranched alkanes of at least 4 members (excludes halogenated alkanes) is 5. The molecule has 0 fully saturated rings. The fraction of sp³-hybridized carbons (Fsp3) is 0.667. The van der Waals surface area contributed by atoms with Crippen molar-refractivity contribution in [1.82, 2.24) is 0 Å². The lowest BCUT2D eigenvalue weighted by Gasteiger charge is -1.96. The van der Waals surface area contributed by atoms with Crippen molar-refractivity contribution in [1.29, 1.82) is 0 Å². The van der Waals surface area contributed by atoms with Crippen LogP contribution in [0.4, 0.5) is 0 Å². The topological polar surface area (TPSA) is 20.2 Å². The number of hydrogen-bond donors (Lipinski definition) is 1. The third kappa shape index (κ3) is 11.4. The fourth-order valence-corrected chi connectivity index (χ4v) is 1.19. The Kier molecular flexibility index (Phi) is 10.9. The van der Waals surface area contributed by atoms with Gasteiger partial charge in [-0.25, -0.2) is 0 Å². The number of rotatable bonds is 8. The first-order valence-corrected chi connectivity index (χ1v) is 5.30. The molecule has 1 N–H and O–H groups in total. The van der Waals surface area contributed by atoms with E-state index in [1.165, 1.54) is 32.1 Å². The Morgan fingerprint density at radius 3 is 2.31 bits per heavy atom. The molecule has 13 heavy (non-hydrogen) atoms. The molecule has 0 aliphatic rings. The first-order valence-electron chi connectivity index (χ1n) is 5.30. The Bertz CT molecular complexity index is 136. The van der Waals surface area contributed by atoms with E-state index in [0.717, 1.165) is 6.42 Å². The van der Waals surface area contributed by atoms with Crippen LogP contribution >= 0.6 is 0 Å². The molecule has 1 heteroatoms. The molecule has 0 amide bonds. The zero-order valence-corrected chi connectivity index (χ0v) is 8.71. The Labute approximate surface area is 82.2 Å². The molecule has 0 aliphatic heterocycles. The highest BCUT2D eigenvalue weighted by atomic mass is 16.2. The summed E-state index contributed by atoms with van der Waals surface area (Å²) in [6.07, 6.45) is 15.6. The van der Waals surface area contributed by atoms with Gasteiger partial charge in [-0.1, -0.05) is 43.6 Å². The van der Waals surface area contributed by atoms with E-state index in [4.69, 9.17) is 5.11 Å². The third-order valence-electron chi connectivity index (χ3n) is 1.97. The molecule has 0 aromatic rings. The van der Waals surface area contributed by atoms with Gasteiger partial charge in [-0.2, -0.15) is 0 Å². The Morgan fingerprint density at radius 2 is 1.62 bits per heavy atom. The van der Waals surface area contributed by atoms with Crippen LogP contribution in [0.5, 0.6) is 0 Å². The molecule has 0 aromatic carbocycles. The molecule has 0 bridgehead atoms. The molecule has 0 saturated heterocycles. The Morgan fingerprint density at radius 1 is 0.923 bits per heavy atom. The van der Waals surface area contributed by atoms with Crippen molar-refractivity contribution in [2.45, 2.75) is 45.4 Å². The SMILES string of the molecule is CC=CC=CCCCCCCCO. The number of allylic oxidation sites excluding steroid dienone is 4. The van der Waals surface area contributed by atoms with Crippen LogP contribution in [0.15, 0.2) is 24.3 Å². The van der Waals surface area contributed by atoms with E-state index >= 15 is 0 Å². The van der Waals surface area contributed by atoms with Gasteiger partial charge in [0, 0.05) is 6.61 Å². The van der Waals surface area contributed by atoms with Crippen LogP contribution in [0.3, 0.4) is 0 Å². The maximum Gasteiger partial charge on any atom is 0.0431 e. The zero-order valence-electron chi connectivity index (χ0n) is 8.71.